The lowest BCUT2D eigenvalue weighted by atomic mass is 10.3. The van der Waals surface area contributed by atoms with E-state index in [0.717, 1.165) is 11.9 Å². The van der Waals surface area contributed by atoms with Crippen molar-refractivity contribution >= 4 is 29.5 Å². The molecule has 0 aliphatic heterocycles. The summed E-state index contributed by atoms with van der Waals surface area (Å²) in [6, 6.07) is 14.2. The van der Waals surface area contributed by atoms with Crippen LogP contribution in [0.2, 0.25) is 5.02 Å². The largest absolute Gasteiger partial charge is 0.462 e. The van der Waals surface area contributed by atoms with Crippen LogP contribution >= 0.6 is 11.6 Å². The number of benzene rings is 2. The molecule has 0 amide bonds. The summed E-state index contributed by atoms with van der Waals surface area (Å²) >= 11 is 5.82. The predicted molar refractivity (Wildman–Crippen MR) is 86.7 cm³/mol. The molecular formula is C16H15ClN2O3. The number of nitrogens with one attached hydrogen (secondary N) is 1. The number of nitrogens with zero attached hydrogens (tertiary/aromatic N) is 1. The van der Waals surface area contributed by atoms with Crippen LogP contribution in [0.3, 0.4) is 0 Å². The summed E-state index contributed by atoms with van der Waals surface area (Å²) < 4.78 is 10.4. The zero-order valence-electron chi connectivity index (χ0n) is 12.0. The number of carbonyl (C=O) groups is 1. The average molecular weight is 319 g/mol. The molecule has 114 valence electrons. The van der Waals surface area contributed by atoms with E-state index in [0.29, 0.717) is 23.1 Å². The van der Waals surface area contributed by atoms with E-state index >= 15 is 0 Å². The highest BCUT2D eigenvalue weighted by atomic mass is 35.5. The van der Waals surface area contributed by atoms with E-state index in [1.165, 1.54) is 0 Å². The van der Waals surface area contributed by atoms with Crippen molar-refractivity contribution in [2.45, 2.75) is 6.92 Å². The van der Waals surface area contributed by atoms with Crippen molar-refractivity contribution in [1.82, 2.24) is 0 Å². The van der Waals surface area contributed by atoms with Gasteiger partial charge >= 0.3 is 5.97 Å². The van der Waals surface area contributed by atoms with E-state index in [2.05, 4.69) is 10.5 Å². The molecule has 2 aromatic carbocycles. The summed E-state index contributed by atoms with van der Waals surface area (Å²) in [7, 11) is 0. The Morgan fingerprint density at radius 2 is 1.73 bits per heavy atom. The van der Waals surface area contributed by atoms with Crippen LogP contribution in [0.15, 0.2) is 53.6 Å². The summed E-state index contributed by atoms with van der Waals surface area (Å²) in [4.78, 5) is 11.1. The number of hydrogen-bond acceptors (Lipinski definition) is 5. The van der Waals surface area contributed by atoms with Crippen molar-refractivity contribution in [2.24, 2.45) is 5.10 Å². The maximum absolute atomic E-state index is 11.1. The molecule has 2 rings (SSSR count). The normalized spacial score (nSPS) is 10.5. The third-order valence-electron chi connectivity index (χ3n) is 2.55. The molecule has 6 heteroatoms. The lowest BCUT2D eigenvalue weighted by Gasteiger charge is -2.06. The quantitative estimate of drug-likeness (QED) is 0.495. The Hall–Kier alpha value is -2.53. The molecule has 22 heavy (non-hydrogen) atoms. The summed E-state index contributed by atoms with van der Waals surface area (Å²) in [6.45, 7) is 2.06. The molecule has 0 fully saturated rings. The molecule has 0 aliphatic carbocycles. The van der Waals surface area contributed by atoms with Crippen molar-refractivity contribution in [2.75, 3.05) is 12.0 Å². The van der Waals surface area contributed by atoms with E-state index < -0.39 is 5.97 Å². The number of halogens is 1. The first-order valence-electron chi connectivity index (χ1n) is 6.66. The van der Waals surface area contributed by atoms with Gasteiger partial charge in [0.05, 0.1) is 12.3 Å². The highest BCUT2D eigenvalue weighted by Crippen LogP contribution is 2.24. The van der Waals surface area contributed by atoms with Crippen LogP contribution in [-0.2, 0) is 9.53 Å². The third kappa shape index (κ3) is 5.10. The van der Waals surface area contributed by atoms with Gasteiger partial charge in [-0.2, -0.15) is 5.10 Å². The van der Waals surface area contributed by atoms with Crippen molar-refractivity contribution in [1.29, 1.82) is 0 Å². The Labute approximate surface area is 133 Å². The van der Waals surface area contributed by atoms with E-state index in [9.17, 15) is 4.79 Å². The molecule has 0 atom stereocenters. The second kappa shape index (κ2) is 8.05. The van der Waals surface area contributed by atoms with Gasteiger partial charge in [-0.15, -0.1) is 0 Å². The number of carbonyl (C=O) groups excluding carboxylic acids is 1. The summed E-state index contributed by atoms with van der Waals surface area (Å²) in [5.41, 5.74) is 3.45. The Morgan fingerprint density at radius 1 is 1.14 bits per heavy atom. The lowest BCUT2D eigenvalue weighted by Crippen LogP contribution is -2.06. The molecule has 0 heterocycles. The first-order chi connectivity index (χ1) is 10.7. The zero-order chi connectivity index (χ0) is 15.8. The number of esters is 1. The van der Waals surface area contributed by atoms with E-state index in [-0.39, 0.29) is 0 Å². The van der Waals surface area contributed by atoms with Gasteiger partial charge in [-0.3, -0.25) is 5.43 Å². The van der Waals surface area contributed by atoms with Gasteiger partial charge in [0.25, 0.3) is 0 Å². The van der Waals surface area contributed by atoms with Gasteiger partial charge in [-0.1, -0.05) is 11.6 Å². The van der Waals surface area contributed by atoms with Gasteiger partial charge < -0.3 is 9.47 Å². The van der Waals surface area contributed by atoms with Crippen LogP contribution in [0.1, 0.15) is 6.92 Å². The van der Waals surface area contributed by atoms with Crippen LogP contribution in [0, 0.1) is 0 Å². The summed E-state index contributed by atoms with van der Waals surface area (Å²) in [5, 5.41) is 4.44. The molecule has 5 nitrogen and oxygen atoms in total. The zero-order valence-corrected chi connectivity index (χ0v) is 12.7. The highest BCUT2D eigenvalue weighted by molar-refractivity contribution is 6.30. The minimum absolute atomic E-state index is 0.321. The topological polar surface area (TPSA) is 59.9 Å². The van der Waals surface area contributed by atoms with Gasteiger partial charge in [0.2, 0.25) is 0 Å². The Balaban J connectivity index is 1.90. The van der Waals surface area contributed by atoms with E-state index in [1.807, 2.05) is 0 Å². The molecule has 0 saturated carbocycles. The number of anilines is 1. The summed E-state index contributed by atoms with van der Waals surface area (Å²) in [6.07, 6.45) is 1.08. The number of rotatable bonds is 6. The van der Waals surface area contributed by atoms with E-state index in [1.54, 1.807) is 55.5 Å². The molecule has 0 aliphatic rings. The minimum Gasteiger partial charge on any atom is -0.462 e. The molecule has 2 aromatic rings. The summed E-state index contributed by atoms with van der Waals surface area (Å²) in [5.74, 6) is 0.894. The molecule has 0 saturated heterocycles. The van der Waals surface area contributed by atoms with Crippen LogP contribution in [-0.4, -0.2) is 18.8 Å². The van der Waals surface area contributed by atoms with Gasteiger partial charge in [-0.05, 0) is 55.5 Å². The smallest absolute Gasteiger partial charge is 0.351 e. The van der Waals surface area contributed by atoms with Gasteiger partial charge in [-0.25, -0.2) is 4.79 Å². The van der Waals surface area contributed by atoms with Crippen molar-refractivity contribution in [3.63, 3.8) is 0 Å². The fourth-order valence-electron chi connectivity index (χ4n) is 1.58. The number of ether oxygens (including phenoxy) is 2. The maximum Gasteiger partial charge on any atom is 0.351 e. The number of hydrazone groups is 1. The SMILES string of the molecule is CCOC(=O)/C=N\Nc1ccc(Oc2ccc(Cl)cc2)cc1. The molecule has 0 unspecified atom stereocenters. The van der Waals surface area contributed by atoms with E-state index in [4.69, 9.17) is 21.1 Å². The van der Waals surface area contributed by atoms with Crippen LogP contribution in [0.25, 0.3) is 0 Å². The lowest BCUT2D eigenvalue weighted by molar-refractivity contribution is -0.134. The van der Waals surface area contributed by atoms with Gasteiger partial charge in [0.1, 0.15) is 17.7 Å². The van der Waals surface area contributed by atoms with Crippen molar-refractivity contribution in [3.8, 4) is 11.5 Å². The fraction of sp³-hybridized carbons (Fsp3) is 0.125. The fourth-order valence-corrected chi connectivity index (χ4v) is 1.70. The average Bonchev–Trinajstić information content (AvgIpc) is 2.52. The van der Waals surface area contributed by atoms with Gasteiger partial charge in [0.15, 0.2) is 0 Å². The molecular weight excluding hydrogens is 304 g/mol. The molecule has 0 radical (unpaired) electrons. The molecule has 0 aromatic heterocycles. The first kappa shape index (κ1) is 15.9. The van der Waals surface area contributed by atoms with Crippen LogP contribution in [0.5, 0.6) is 11.5 Å². The van der Waals surface area contributed by atoms with Crippen LogP contribution in [0.4, 0.5) is 5.69 Å². The Bertz CT molecular complexity index is 639. The maximum atomic E-state index is 11.1. The molecule has 1 N–H and O–H groups in total. The second-order valence-electron chi connectivity index (χ2n) is 4.20. The Morgan fingerprint density at radius 3 is 2.32 bits per heavy atom. The molecule has 0 bridgehead atoms. The van der Waals surface area contributed by atoms with Gasteiger partial charge in [0, 0.05) is 5.02 Å². The predicted octanol–water partition coefficient (Wildman–Crippen LogP) is 4.09. The second-order valence-corrected chi connectivity index (χ2v) is 4.64. The Kier molecular flexibility index (Phi) is 5.80. The minimum atomic E-state index is -0.488. The van der Waals surface area contributed by atoms with Crippen LogP contribution < -0.4 is 10.2 Å². The van der Waals surface area contributed by atoms with Crippen molar-refractivity contribution in [3.05, 3.63) is 53.6 Å². The standard InChI is InChI=1S/C16H15ClN2O3/c1-2-21-16(20)11-18-19-13-5-9-15(10-6-13)22-14-7-3-12(17)4-8-14/h3-11,19H,2H2,1H3/b18-11-. The van der Waals surface area contributed by atoms with Crippen molar-refractivity contribution < 1.29 is 14.3 Å². The molecule has 0 spiro atoms. The highest BCUT2D eigenvalue weighted by Gasteiger charge is 1.98. The third-order valence-corrected chi connectivity index (χ3v) is 2.81. The monoisotopic (exact) mass is 318 g/mol. The number of hydrogen-bond donors (Lipinski definition) is 1. The first-order valence-corrected chi connectivity index (χ1v) is 7.04.